The minimum absolute atomic E-state index is 0.0290. The summed E-state index contributed by atoms with van der Waals surface area (Å²) in [5.74, 6) is 0.258. The summed E-state index contributed by atoms with van der Waals surface area (Å²) in [5.41, 5.74) is 1.69. The molecule has 10 heteroatoms. The Bertz CT molecular complexity index is 1200. The van der Waals surface area contributed by atoms with Gasteiger partial charge in [0, 0.05) is 27.5 Å². The van der Waals surface area contributed by atoms with E-state index in [9.17, 15) is 9.59 Å². The molecule has 0 unspecified atom stereocenters. The van der Waals surface area contributed by atoms with Gasteiger partial charge in [-0.15, -0.1) is 0 Å². The quantitative estimate of drug-likeness (QED) is 0.404. The van der Waals surface area contributed by atoms with Gasteiger partial charge in [-0.3, -0.25) is 14.9 Å². The molecule has 3 N–H and O–H groups in total. The van der Waals surface area contributed by atoms with Crippen molar-refractivity contribution >= 4 is 52.1 Å². The van der Waals surface area contributed by atoms with Crippen LogP contribution in [0.25, 0.3) is 0 Å². The number of thiocarbonyl (C=S) groups is 1. The Labute approximate surface area is 207 Å². The highest BCUT2D eigenvalue weighted by molar-refractivity contribution is 7.80. The minimum Gasteiger partial charge on any atom is -0.493 e. The number of rotatable bonds is 7. The first-order chi connectivity index (χ1) is 16.3. The number of benzene rings is 3. The Morgan fingerprint density at radius 2 is 1.35 bits per heavy atom. The van der Waals surface area contributed by atoms with Crippen LogP contribution in [0.3, 0.4) is 0 Å². The van der Waals surface area contributed by atoms with Gasteiger partial charge < -0.3 is 24.8 Å². The largest absolute Gasteiger partial charge is 0.493 e. The molecule has 176 valence electrons. The molecule has 0 aliphatic carbocycles. The zero-order valence-corrected chi connectivity index (χ0v) is 20.2. The average Bonchev–Trinajstić information content (AvgIpc) is 2.82. The number of amides is 2. The summed E-state index contributed by atoms with van der Waals surface area (Å²) in [5, 5.41) is 8.66. The van der Waals surface area contributed by atoms with Crippen LogP contribution in [0.5, 0.6) is 17.2 Å². The number of hydrogen-bond acceptors (Lipinski definition) is 6. The molecule has 3 rings (SSSR count). The van der Waals surface area contributed by atoms with Crippen molar-refractivity contribution in [1.29, 1.82) is 0 Å². The van der Waals surface area contributed by atoms with E-state index in [0.29, 0.717) is 39.2 Å². The van der Waals surface area contributed by atoms with Crippen LogP contribution in [0.4, 0.5) is 11.4 Å². The van der Waals surface area contributed by atoms with Gasteiger partial charge in [-0.1, -0.05) is 29.8 Å². The van der Waals surface area contributed by atoms with Crippen molar-refractivity contribution in [3.8, 4) is 17.2 Å². The lowest BCUT2D eigenvalue weighted by atomic mass is 10.1. The molecule has 0 saturated carbocycles. The number of nitrogens with one attached hydrogen (secondary N) is 3. The zero-order valence-electron chi connectivity index (χ0n) is 18.6. The normalized spacial score (nSPS) is 10.1. The molecule has 0 saturated heterocycles. The molecule has 8 nitrogen and oxygen atoms in total. The molecule has 34 heavy (non-hydrogen) atoms. The Morgan fingerprint density at radius 3 is 1.91 bits per heavy atom. The predicted molar refractivity (Wildman–Crippen MR) is 136 cm³/mol. The van der Waals surface area contributed by atoms with E-state index in [1.54, 1.807) is 42.5 Å². The molecular weight excluding hydrogens is 478 g/mol. The molecule has 0 bridgehead atoms. The second-order valence-electron chi connectivity index (χ2n) is 6.87. The predicted octanol–water partition coefficient (Wildman–Crippen LogP) is 4.74. The van der Waals surface area contributed by atoms with E-state index in [-0.39, 0.29) is 16.6 Å². The minimum atomic E-state index is -0.489. The van der Waals surface area contributed by atoms with E-state index in [1.165, 1.54) is 33.5 Å². The van der Waals surface area contributed by atoms with Crippen molar-refractivity contribution in [1.82, 2.24) is 5.32 Å². The standard InChI is InChI=1S/C24H22ClN3O5S/c1-31-19-9-15(10-20(32-2)21(19)33-3)23(30)28-24(34)27-18-12-16(25)11-17(13-18)26-22(29)14-7-5-4-6-8-14/h4-13H,1-3H3,(H,26,29)(H2,27,28,30,34). The fourth-order valence-corrected chi connectivity index (χ4v) is 3.52. The molecule has 0 aromatic heterocycles. The third-order valence-corrected chi connectivity index (χ3v) is 5.03. The molecule has 0 fully saturated rings. The summed E-state index contributed by atoms with van der Waals surface area (Å²) < 4.78 is 15.8. The summed E-state index contributed by atoms with van der Waals surface area (Å²) in [6, 6.07) is 16.6. The summed E-state index contributed by atoms with van der Waals surface area (Å²) in [6.07, 6.45) is 0. The van der Waals surface area contributed by atoms with Gasteiger partial charge in [-0.05, 0) is 54.7 Å². The highest BCUT2D eigenvalue weighted by Gasteiger charge is 2.18. The lowest BCUT2D eigenvalue weighted by Gasteiger charge is -2.15. The number of carbonyl (C=O) groups is 2. The average molecular weight is 500 g/mol. The van der Waals surface area contributed by atoms with Crippen LogP contribution in [0.1, 0.15) is 20.7 Å². The second-order valence-corrected chi connectivity index (χ2v) is 7.72. The highest BCUT2D eigenvalue weighted by atomic mass is 35.5. The van der Waals surface area contributed by atoms with Gasteiger partial charge in [-0.2, -0.15) is 0 Å². The fraction of sp³-hybridized carbons (Fsp3) is 0.125. The lowest BCUT2D eigenvalue weighted by molar-refractivity contribution is 0.0975. The number of carbonyl (C=O) groups excluding carboxylic acids is 2. The van der Waals surface area contributed by atoms with Gasteiger partial charge in [0.2, 0.25) is 5.75 Å². The lowest BCUT2D eigenvalue weighted by Crippen LogP contribution is -2.34. The van der Waals surface area contributed by atoms with Crippen LogP contribution in [0, 0.1) is 0 Å². The molecule has 3 aromatic carbocycles. The van der Waals surface area contributed by atoms with Crippen LogP contribution in [-0.4, -0.2) is 38.3 Å². The molecule has 2 amide bonds. The molecule has 0 heterocycles. The van der Waals surface area contributed by atoms with E-state index in [2.05, 4.69) is 16.0 Å². The maximum Gasteiger partial charge on any atom is 0.257 e. The number of methoxy groups -OCH3 is 3. The smallest absolute Gasteiger partial charge is 0.257 e. The van der Waals surface area contributed by atoms with Crippen LogP contribution in [0.2, 0.25) is 5.02 Å². The molecule has 3 aromatic rings. The number of halogens is 1. The SMILES string of the molecule is COc1cc(C(=O)NC(=S)Nc2cc(Cl)cc(NC(=O)c3ccccc3)c2)cc(OC)c1OC. The van der Waals surface area contributed by atoms with Gasteiger partial charge in [0.05, 0.1) is 21.3 Å². The van der Waals surface area contributed by atoms with Gasteiger partial charge in [0.15, 0.2) is 16.6 Å². The molecule has 0 atom stereocenters. The van der Waals surface area contributed by atoms with Crippen LogP contribution < -0.4 is 30.2 Å². The summed E-state index contributed by atoms with van der Waals surface area (Å²) in [4.78, 5) is 25.2. The number of ether oxygens (including phenoxy) is 3. The van der Waals surface area contributed by atoms with E-state index in [1.807, 2.05) is 6.07 Å². The molecule has 0 spiro atoms. The van der Waals surface area contributed by atoms with Crippen LogP contribution in [0.15, 0.2) is 60.7 Å². The third-order valence-electron chi connectivity index (χ3n) is 4.60. The van der Waals surface area contributed by atoms with E-state index in [4.69, 9.17) is 38.0 Å². The van der Waals surface area contributed by atoms with Gasteiger partial charge in [0.1, 0.15) is 0 Å². The first-order valence-electron chi connectivity index (χ1n) is 9.94. The molecule has 0 aliphatic rings. The first-order valence-corrected chi connectivity index (χ1v) is 10.7. The summed E-state index contributed by atoms with van der Waals surface area (Å²) >= 11 is 11.5. The van der Waals surface area contributed by atoms with Crippen molar-refractivity contribution < 1.29 is 23.8 Å². The molecule has 0 radical (unpaired) electrons. The Kier molecular flexibility index (Phi) is 8.29. The van der Waals surface area contributed by atoms with Gasteiger partial charge >= 0.3 is 0 Å². The van der Waals surface area contributed by atoms with Crippen LogP contribution in [-0.2, 0) is 0 Å². The van der Waals surface area contributed by atoms with E-state index < -0.39 is 5.91 Å². The molecular formula is C24H22ClN3O5S. The monoisotopic (exact) mass is 499 g/mol. The Balaban J connectivity index is 1.71. The van der Waals surface area contributed by atoms with E-state index >= 15 is 0 Å². The Hall–Kier alpha value is -3.82. The summed E-state index contributed by atoms with van der Waals surface area (Å²) in [6.45, 7) is 0. The highest BCUT2D eigenvalue weighted by Crippen LogP contribution is 2.38. The number of anilines is 2. The van der Waals surface area contributed by atoms with Gasteiger partial charge in [-0.25, -0.2) is 0 Å². The fourth-order valence-electron chi connectivity index (χ4n) is 3.08. The second kappa shape index (κ2) is 11.4. The van der Waals surface area contributed by atoms with Crippen molar-refractivity contribution in [2.75, 3.05) is 32.0 Å². The summed E-state index contributed by atoms with van der Waals surface area (Å²) in [7, 11) is 4.39. The molecule has 0 aliphatic heterocycles. The zero-order chi connectivity index (χ0) is 24.7. The van der Waals surface area contributed by atoms with E-state index in [0.717, 1.165) is 0 Å². The third kappa shape index (κ3) is 6.15. The van der Waals surface area contributed by atoms with Gasteiger partial charge in [0.25, 0.3) is 11.8 Å². The van der Waals surface area contributed by atoms with Crippen molar-refractivity contribution in [2.24, 2.45) is 0 Å². The number of hydrogen-bond donors (Lipinski definition) is 3. The van der Waals surface area contributed by atoms with Crippen molar-refractivity contribution in [3.05, 3.63) is 76.8 Å². The van der Waals surface area contributed by atoms with Crippen molar-refractivity contribution in [2.45, 2.75) is 0 Å². The maximum absolute atomic E-state index is 12.7. The van der Waals surface area contributed by atoms with Crippen LogP contribution >= 0.6 is 23.8 Å². The topological polar surface area (TPSA) is 97.9 Å². The maximum atomic E-state index is 12.7. The first kappa shape index (κ1) is 24.8. The van der Waals surface area contributed by atoms with Crippen molar-refractivity contribution in [3.63, 3.8) is 0 Å². The Morgan fingerprint density at radius 1 is 0.765 bits per heavy atom.